The van der Waals surface area contributed by atoms with Crippen LogP contribution in [0.5, 0.6) is 0 Å². The normalized spacial score (nSPS) is 13.4. The quantitative estimate of drug-likeness (QED) is 0.710. The molecule has 19 heavy (non-hydrogen) atoms. The van der Waals surface area contributed by atoms with Crippen LogP contribution in [0.3, 0.4) is 0 Å². The molecule has 0 amide bonds. The Hall–Kier alpha value is -1.11. The first kappa shape index (κ1) is 15.9. The molecule has 0 aromatic heterocycles. The molecule has 1 aromatic carbocycles. The molecule has 1 unspecified atom stereocenters. The van der Waals surface area contributed by atoms with Gasteiger partial charge >= 0.3 is 0 Å². The van der Waals surface area contributed by atoms with Crippen molar-refractivity contribution < 1.29 is 13.2 Å². The minimum atomic E-state index is -3.38. The first-order chi connectivity index (χ1) is 8.96. The molecule has 1 atom stereocenters. The van der Waals surface area contributed by atoms with E-state index in [9.17, 15) is 8.42 Å². The van der Waals surface area contributed by atoms with Gasteiger partial charge in [0.2, 0.25) is 10.0 Å². The Labute approximate surface area is 115 Å². The highest BCUT2D eigenvalue weighted by atomic mass is 32.2. The van der Waals surface area contributed by atoms with Gasteiger partial charge in [-0.15, -0.1) is 0 Å². The van der Waals surface area contributed by atoms with E-state index >= 15 is 0 Å². The molecule has 1 rings (SSSR count). The molecular formula is C13H22N2O3S. The first-order valence-corrected chi connectivity index (χ1v) is 7.95. The zero-order valence-electron chi connectivity index (χ0n) is 11.4. The van der Waals surface area contributed by atoms with Crippen LogP contribution in [0.4, 0.5) is 5.69 Å². The summed E-state index contributed by atoms with van der Waals surface area (Å²) in [6.45, 7) is 2.39. The van der Waals surface area contributed by atoms with E-state index in [2.05, 4.69) is 4.72 Å². The molecule has 0 aliphatic rings. The monoisotopic (exact) mass is 286 g/mol. The Morgan fingerprint density at radius 3 is 2.74 bits per heavy atom. The fourth-order valence-corrected chi connectivity index (χ4v) is 3.32. The van der Waals surface area contributed by atoms with E-state index in [0.717, 1.165) is 12.8 Å². The summed E-state index contributed by atoms with van der Waals surface area (Å²) >= 11 is 0. The molecule has 108 valence electrons. The second-order valence-corrected chi connectivity index (χ2v) is 6.32. The third-order valence-corrected chi connectivity index (χ3v) is 4.06. The van der Waals surface area contributed by atoms with E-state index in [1.54, 1.807) is 31.4 Å². The number of nitrogens with one attached hydrogen (secondary N) is 1. The van der Waals surface area contributed by atoms with Gasteiger partial charge in [-0.3, -0.25) is 0 Å². The third-order valence-electron chi connectivity index (χ3n) is 2.66. The smallest absolute Gasteiger partial charge is 0.216 e. The van der Waals surface area contributed by atoms with Crippen LogP contribution in [-0.2, 0) is 20.5 Å². The lowest BCUT2D eigenvalue weighted by molar-refractivity contribution is 0.171. The number of methoxy groups -OCH3 is 1. The van der Waals surface area contributed by atoms with E-state index < -0.39 is 10.0 Å². The molecular weight excluding hydrogens is 264 g/mol. The number of sulfonamides is 1. The van der Waals surface area contributed by atoms with Gasteiger partial charge in [0.15, 0.2) is 0 Å². The van der Waals surface area contributed by atoms with Crippen molar-refractivity contribution >= 4 is 15.7 Å². The summed E-state index contributed by atoms with van der Waals surface area (Å²) in [5, 5.41) is 0. The maximum atomic E-state index is 12.1. The van der Waals surface area contributed by atoms with Crippen LogP contribution in [0, 0.1) is 0 Å². The van der Waals surface area contributed by atoms with E-state index in [1.165, 1.54) is 0 Å². The number of nitrogens with two attached hydrogens (primary N) is 1. The average molecular weight is 286 g/mol. The molecule has 0 heterocycles. The summed E-state index contributed by atoms with van der Waals surface area (Å²) in [6, 6.07) is 6.72. The molecule has 0 aliphatic carbocycles. The Balaban J connectivity index is 2.69. The van der Waals surface area contributed by atoms with Crippen LogP contribution < -0.4 is 10.5 Å². The lowest BCUT2D eigenvalue weighted by Gasteiger charge is -2.17. The summed E-state index contributed by atoms with van der Waals surface area (Å²) in [4.78, 5) is 0. The lowest BCUT2D eigenvalue weighted by atomic mass is 10.2. The second kappa shape index (κ2) is 7.47. The van der Waals surface area contributed by atoms with Gasteiger partial charge in [0.05, 0.1) is 12.4 Å². The minimum Gasteiger partial charge on any atom is -0.399 e. The van der Waals surface area contributed by atoms with Crippen LogP contribution in [0.2, 0.25) is 0 Å². The first-order valence-electron chi connectivity index (χ1n) is 6.30. The van der Waals surface area contributed by atoms with Gasteiger partial charge in [-0.1, -0.05) is 25.5 Å². The van der Waals surface area contributed by atoms with Crippen molar-refractivity contribution in [2.24, 2.45) is 0 Å². The second-order valence-electron chi connectivity index (χ2n) is 4.56. The van der Waals surface area contributed by atoms with Gasteiger partial charge in [0, 0.05) is 18.8 Å². The van der Waals surface area contributed by atoms with Crippen molar-refractivity contribution in [2.45, 2.75) is 31.6 Å². The zero-order valence-corrected chi connectivity index (χ0v) is 12.2. The maximum Gasteiger partial charge on any atom is 0.216 e. The Kier molecular flexibility index (Phi) is 6.27. The summed E-state index contributed by atoms with van der Waals surface area (Å²) in [5.41, 5.74) is 6.88. The largest absolute Gasteiger partial charge is 0.399 e. The number of hydrogen-bond acceptors (Lipinski definition) is 4. The minimum absolute atomic E-state index is 0.0675. The van der Waals surface area contributed by atoms with Crippen molar-refractivity contribution in [1.82, 2.24) is 4.72 Å². The van der Waals surface area contributed by atoms with Crippen LogP contribution in [0.1, 0.15) is 25.3 Å². The van der Waals surface area contributed by atoms with Crippen LogP contribution in [0.15, 0.2) is 24.3 Å². The molecule has 0 saturated heterocycles. The van der Waals surface area contributed by atoms with E-state index in [-0.39, 0.29) is 11.8 Å². The van der Waals surface area contributed by atoms with Crippen molar-refractivity contribution in [1.29, 1.82) is 0 Å². The maximum absolute atomic E-state index is 12.1. The Bertz CT molecular complexity index is 482. The van der Waals surface area contributed by atoms with Crippen molar-refractivity contribution in [3.05, 3.63) is 29.8 Å². The predicted molar refractivity (Wildman–Crippen MR) is 77.2 cm³/mol. The molecule has 0 saturated carbocycles. The number of ether oxygens (including phenoxy) is 1. The molecule has 0 fully saturated rings. The molecule has 0 spiro atoms. The van der Waals surface area contributed by atoms with Crippen molar-refractivity contribution in [3.63, 3.8) is 0 Å². The Morgan fingerprint density at radius 2 is 2.16 bits per heavy atom. The molecule has 1 aromatic rings. The highest BCUT2D eigenvalue weighted by Gasteiger charge is 2.17. The molecule has 0 bridgehead atoms. The van der Waals surface area contributed by atoms with Crippen molar-refractivity contribution in [2.75, 3.05) is 19.5 Å². The van der Waals surface area contributed by atoms with E-state index in [4.69, 9.17) is 10.5 Å². The SMILES string of the molecule is CCCC(COC)NS(=O)(=O)Cc1cccc(N)c1. The predicted octanol–water partition coefficient (Wildman–Crippen LogP) is 1.50. The highest BCUT2D eigenvalue weighted by Crippen LogP contribution is 2.10. The Morgan fingerprint density at radius 1 is 1.42 bits per heavy atom. The number of hydrogen-bond donors (Lipinski definition) is 2. The van der Waals surface area contributed by atoms with E-state index in [0.29, 0.717) is 17.9 Å². The summed E-state index contributed by atoms with van der Waals surface area (Å²) in [6.07, 6.45) is 1.65. The van der Waals surface area contributed by atoms with Crippen molar-refractivity contribution in [3.8, 4) is 0 Å². The van der Waals surface area contributed by atoms with Gasteiger partial charge < -0.3 is 10.5 Å². The summed E-state index contributed by atoms with van der Waals surface area (Å²) < 4.78 is 31.8. The average Bonchev–Trinajstić information content (AvgIpc) is 2.28. The zero-order chi connectivity index (χ0) is 14.3. The number of benzene rings is 1. The highest BCUT2D eigenvalue weighted by molar-refractivity contribution is 7.88. The molecule has 0 aliphatic heterocycles. The summed E-state index contributed by atoms with van der Waals surface area (Å²) in [7, 11) is -1.82. The fourth-order valence-electron chi connectivity index (χ4n) is 1.92. The number of anilines is 1. The van der Waals surface area contributed by atoms with E-state index in [1.807, 2.05) is 6.92 Å². The van der Waals surface area contributed by atoms with Gasteiger partial charge in [-0.05, 0) is 24.1 Å². The van der Waals surface area contributed by atoms with Gasteiger partial charge in [-0.25, -0.2) is 13.1 Å². The van der Waals surface area contributed by atoms with Gasteiger partial charge in [0.1, 0.15) is 0 Å². The number of rotatable bonds is 8. The molecule has 6 heteroatoms. The molecule has 0 radical (unpaired) electrons. The van der Waals surface area contributed by atoms with Gasteiger partial charge in [0.25, 0.3) is 0 Å². The molecule has 5 nitrogen and oxygen atoms in total. The topological polar surface area (TPSA) is 81.4 Å². The van der Waals surface area contributed by atoms with Crippen LogP contribution >= 0.6 is 0 Å². The molecule has 3 N–H and O–H groups in total. The fraction of sp³-hybridized carbons (Fsp3) is 0.538. The standard InChI is InChI=1S/C13H22N2O3S/c1-3-5-13(9-18-2)15-19(16,17)10-11-6-4-7-12(14)8-11/h4,6-8,13,15H,3,5,9-10,14H2,1-2H3. The summed E-state index contributed by atoms with van der Waals surface area (Å²) in [5.74, 6) is -0.0675. The lowest BCUT2D eigenvalue weighted by Crippen LogP contribution is -2.38. The number of nitrogen functional groups attached to an aromatic ring is 1. The van der Waals surface area contributed by atoms with Crippen LogP contribution in [-0.4, -0.2) is 28.2 Å². The van der Waals surface area contributed by atoms with Gasteiger partial charge in [-0.2, -0.15) is 0 Å². The van der Waals surface area contributed by atoms with Crippen LogP contribution in [0.25, 0.3) is 0 Å². The third kappa shape index (κ3) is 6.04.